The Kier molecular flexibility index (Phi) is 4.02. The largest absolute Gasteiger partial charge is 0.328 e. The fourth-order valence-corrected chi connectivity index (χ4v) is 2.94. The molecule has 1 N–H and O–H groups in total. The first-order valence-corrected chi connectivity index (χ1v) is 6.87. The topological polar surface area (TPSA) is 71.9 Å². The van der Waals surface area contributed by atoms with E-state index in [1.165, 1.54) is 24.1 Å². The minimum atomic E-state index is -0.464. The van der Waals surface area contributed by atoms with Gasteiger partial charge in [-0.1, -0.05) is 19.3 Å². The molecule has 5 heteroatoms. The fourth-order valence-electron chi connectivity index (χ4n) is 2.94. The third-order valence-corrected chi connectivity index (χ3v) is 4.13. The molecule has 1 saturated carbocycles. The number of aromatic nitrogens is 2. The summed E-state index contributed by atoms with van der Waals surface area (Å²) < 4.78 is 1.21. The number of rotatable bonds is 3. The Hall–Kier alpha value is -1.65. The second-order valence-corrected chi connectivity index (χ2v) is 5.38. The van der Waals surface area contributed by atoms with Gasteiger partial charge in [0.1, 0.15) is 0 Å². The second-order valence-electron chi connectivity index (χ2n) is 5.38. The van der Waals surface area contributed by atoms with Crippen molar-refractivity contribution < 1.29 is 4.79 Å². The van der Waals surface area contributed by atoms with E-state index in [1.54, 1.807) is 0 Å². The molecule has 2 rings (SSSR count). The Morgan fingerprint density at radius 1 is 1.32 bits per heavy atom. The molecule has 0 amide bonds. The first-order valence-electron chi connectivity index (χ1n) is 6.87. The van der Waals surface area contributed by atoms with E-state index in [0.717, 1.165) is 25.7 Å². The van der Waals surface area contributed by atoms with Crippen molar-refractivity contribution in [3.8, 4) is 0 Å². The lowest BCUT2D eigenvalue weighted by atomic mass is 9.84. The van der Waals surface area contributed by atoms with E-state index in [0.29, 0.717) is 5.92 Å². The third-order valence-electron chi connectivity index (χ3n) is 4.13. The highest BCUT2D eigenvalue weighted by Crippen LogP contribution is 2.31. The molecule has 1 aliphatic rings. The van der Waals surface area contributed by atoms with Crippen LogP contribution in [0.15, 0.2) is 15.8 Å². The zero-order valence-corrected chi connectivity index (χ0v) is 11.4. The smallest absolute Gasteiger partial charge is 0.313 e. The molecular weight excluding hydrogens is 244 g/mol. The lowest BCUT2D eigenvalue weighted by molar-refractivity contribution is 0.101. The summed E-state index contributed by atoms with van der Waals surface area (Å²) >= 11 is 0. The van der Waals surface area contributed by atoms with Crippen LogP contribution in [0.4, 0.5) is 0 Å². The Morgan fingerprint density at radius 3 is 2.53 bits per heavy atom. The molecule has 0 saturated heterocycles. The van der Waals surface area contributed by atoms with E-state index in [2.05, 4.69) is 4.98 Å². The first kappa shape index (κ1) is 13.8. The molecule has 0 aliphatic heterocycles. The van der Waals surface area contributed by atoms with Gasteiger partial charge < -0.3 is 4.98 Å². The normalized spacial score (nSPS) is 18.2. The number of hydrogen-bond donors (Lipinski definition) is 1. The zero-order valence-electron chi connectivity index (χ0n) is 11.4. The molecule has 5 nitrogen and oxygen atoms in total. The first-order chi connectivity index (χ1) is 9.02. The number of hydrogen-bond acceptors (Lipinski definition) is 3. The average Bonchev–Trinajstić information content (AvgIpc) is 2.39. The van der Waals surface area contributed by atoms with Crippen LogP contribution < -0.4 is 11.2 Å². The number of aromatic amines is 1. The summed E-state index contributed by atoms with van der Waals surface area (Å²) in [6.07, 6.45) is 6.82. The van der Waals surface area contributed by atoms with Gasteiger partial charge in [-0.2, -0.15) is 0 Å². The Balaban J connectivity index is 2.43. The van der Waals surface area contributed by atoms with Crippen LogP contribution in [-0.2, 0) is 0 Å². The maximum Gasteiger partial charge on any atom is 0.328 e. The van der Waals surface area contributed by atoms with Crippen molar-refractivity contribution >= 4 is 5.78 Å². The van der Waals surface area contributed by atoms with E-state index in [1.807, 2.05) is 6.92 Å². The number of ketones is 1. The van der Waals surface area contributed by atoms with Gasteiger partial charge in [-0.05, 0) is 32.6 Å². The number of nitrogens with one attached hydrogen (secondary N) is 1. The van der Waals surface area contributed by atoms with Crippen molar-refractivity contribution in [2.75, 3.05) is 0 Å². The summed E-state index contributed by atoms with van der Waals surface area (Å²) in [6.45, 7) is 3.24. The Labute approximate surface area is 111 Å². The predicted octanol–water partition coefficient (Wildman–Crippen LogP) is 1.88. The van der Waals surface area contributed by atoms with E-state index >= 15 is 0 Å². The van der Waals surface area contributed by atoms with Crippen LogP contribution in [0.3, 0.4) is 0 Å². The van der Waals surface area contributed by atoms with E-state index < -0.39 is 11.2 Å². The number of nitrogens with zero attached hydrogens (tertiary/aromatic N) is 1. The lowest BCUT2D eigenvalue weighted by Crippen LogP contribution is -2.42. The quantitative estimate of drug-likeness (QED) is 0.847. The highest BCUT2D eigenvalue weighted by Gasteiger charge is 2.24. The van der Waals surface area contributed by atoms with Crippen molar-refractivity contribution in [3.63, 3.8) is 0 Å². The molecule has 19 heavy (non-hydrogen) atoms. The van der Waals surface area contributed by atoms with Crippen LogP contribution in [0.2, 0.25) is 0 Å². The number of Topliss-reactive ketones (excluding diaryl/α,β-unsaturated/α-hetero) is 1. The van der Waals surface area contributed by atoms with Crippen LogP contribution in [0.25, 0.3) is 0 Å². The molecule has 1 heterocycles. The molecule has 104 valence electrons. The van der Waals surface area contributed by atoms with Gasteiger partial charge in [0.25, 0.3) is 5.56 Å². The molecule has 1 aromatic rings. The van der Waals surface area contributed by atoms with Crippen LogP contribution in [0.1, 0.15) is 62.4 Å². The average molecular weight is 264 g/mol. The van der Waals surface area contributed by atoms with Crippen LogP contribution in [0, 0.1) is 5.92 Å². The maximum atomic E-state index is 12.2. The molecule has 0 spiro atoms. The Bertz CT molecular complexity index is 579. The van der Waals surface area contributed by atoms with Crippen molar-refractivity contribution in [2.24, 2.45) is 5.92 Å². The summed E-state index contributed by atoms with van der Waals surface area (Å²) in [5.74, 6) is 0.0283. The highest BCUT2D eigenvalue weighted by atomic mass is 16.2. The van der Waals surface area contributed by atoms with Gasteiger partial charge in [0.15, 0.2) is 5.78 Å². The molecule has 0 bridgehead atoms. The third kappa shape index (κ3) is 2.69. The van der Waals surface area contributed by atoms with Crippen LogP contribution in [0.5, 0.6) is 0 Å². The van der Waals surface area contributed by atoms with Gasteiger partial charge in [-0.3, -0.25) is 14.2 Å². The predicted molar refractivity (Wildman–Crippen MR) is 72.6 cm³/mol. The summed E-state index contributed by atoms with van der Waals surface area (Å²) in [6, 6.07) is -0.157. The molecule has 1 fully saturated rings. The lowest BCUT2D eigenvalue weighted by Gasteiger charge is -2.28. The molecule has 1 atom stereocenters. The van der Waals surface area contributed by atoms with E-state index in [-0.39, 0.29) is 17.4 Å². The summed E-state index contributed by atoms with van der Waals surface area (Å²) in [7, 11) is 0. The molecule has 1 aliphatic carbocycles. The fraction of sp³-hybridized carbons (Fsp3) is 0.643. The summed E-state index contributed by atoms with van der Waals surface area (Å²) in [5, 5.41) is 0. The molecule has 0 aromatic carbocycles. The highest BCUT2D eigenvalue weighted by molar-refractivity contribution is 5.93. The van der Waals surface area contributed by atoms with E-state index in [4.69, 9.17) is 0 Å². The minimum absolute atomic E-state index is 0.0576. The standard InChI is InChI=1S/C14H20N2O3/c1-9(11-6-4-3-5-7-11)16-13(18)12(10(2)17)8-15-14(16)19/h8-9,11H,3-7H2,1-2H3,(H,15,19). The van der Waals surface area contributed by atoms with Crippen LogP contribution >= 0.6 is 0 Å². The zero-order chi connectivity index (χ0) is 14.0. The second kappa shape index (κ2) is 5.55. The van der Waals surface area contributed by atoms with Gasteiger partial charge in [0.05, 0.1) is 5.56 Å². The van der Waals surface area contributed by atoms with Crippen LogP contribution in [-0.4, -0.2) is 15.3 Å². The Morgan fingerprint density at radius 2 is 1.95 bits per heavy atom. The van der Waals surface area contributed by atoms with E-state index in [9.17, 15) is 14.4 Å². The van der Waals surface area contributed by atoms with Gasteiger partial charge in [-0.25, -0.2) is 4.79 Å². The molecule has 0 radical (unpaired) electrons. The van der Waals surface area contributed by atoms with Gasteiger partial charge in [0, 0.05) is 12.2 Å². The summed E-state index contributed by atoms with van der Waals surface area (Å²) in [5.41, 5.74) is -0.829. The molecule has 1 aromatic heterocycles. The van der Waals surface area contributed by atoms with Gasteiger partial charge in [0.2, 0.25) is 0 Å². The summed E-state index contributed by atoms with van der Waals surface area (Å²) in [4.78, 5) is 38.0. The maximum absolute atomic E-state index is 12.2. The number of carbonyl (C=O) groups excluding carboxylic acids is 1. The van der Waals surface area contributed by atoms with Crippen molar-refractivity contribution in [2.45, 2.75) is 52.0 Å². The van der Waals surface area contributed by atoms with Crippen molar-refractivity contribution in [3.05, 3.63) is 32.6 Å². The van der Waals surface area contributed by atoms with Crippen molar-refractivity contribution in [1.29, 1.82) is 0 Å². The van der Waals surface area contributed by atoms with Crippen molar-refractivity contribution in [1.82, 2.24) is 9.55 Å². The van der Waals surface area contributed by atoms with Gasteiger partial charge in [-0.15, -0.1) is 0 Å². The van der Waals surface area contributed by atoms with Gasteiger partial charge >= 0.3 is 5.69 Å². The molecular formula is C14H20N2O3. The number of carbonyl (C=O) groups is 1. The monoisotopic (exact) mass is 264 g/mol. The number of H-pyrrole nitrogens is 1. The SMILES string of the molecule is CC(=O)c1c[nH]c(=O)n(C(C)C2CCCCC2)c1=O. The minimum Gasteiger partial charge on any atom is -0.313 e. The molecule has 1 unspecified atom stereocenters.